The van der Waals surface area contributed by atoms with E-state index in [0.717, 1.165) is 22.2 Å². The van der Waals surface area contributed by atoms with Crippen LogP contribution >= 0.6 is 0 Å². The van der Waals surface area contributed by atoms with E-state index >= 15 is 0 Å². The number of hydrogen-bond acceptors (Lipinski definition) is 4. The highest BCUT2D eigenvalue weighted by Gasteiger charge is 2.12. The van der Waals surface area contributed by atoms with Crippen LogP contribution in [0.4, 0.5) is 0 Å². The Morgan fingerprint density at radius 1 is 1.17 bits per heavy atom. The summed E-state index contributed by atoms with van der Waals surface area (Å²) in [6.07, 6.45) is 1.61. The van der Waals surface area contributed by atoms with Gasteiger partial charge in [-0.2, -0.15) is 5.26 Å². The van der Waals surface area contributed by atoms with Crippen molar-refractivity contribution in [2.75, 3.05) is 0 Å². The highest BCUT2D eigenvalue weighted by molar-refractivity contribution is 5.91. The van der Waals surface area contributed by atoms with Gasteiger partial charge in [0.25, 0.3) is 0 Å². The maximum Gasteiger partial charge on any atom is 0.335 e. The lowest BCUT2D eigenvalue weighted by molar-refractivity contribution is 0.0697. The first-order valence-electron chi connectivity index (χ1n) is 8.97. The summed E-state index contributed by atoms with van der Waals surface area (Å²) < 4.78 is 5.81. The molecule has 0 spiro atoms. The third-order valence-electron chi connectivity index (χ3n) is 4.78. The first kappa shape index (κ1) is 18.3. The van der Waals surface area contributed by atoms with Gasteiger partial charge in [-0.3, -0.25) is 0 Å². The standard InChI is InChI=1S/C23H17N3O3/c1-13-8-19-20(9-14(13)2)26-22(25-19)17(12-24)11-18-6-7-21(29-18)15-4-3-5-16(10-15)23(27)28/h3-11H,1-2H3,(H,25,26)(H,27,28). The van der Waals surface area contributed by atoms with Crippen molar-refractivity contribution in [2.45, 2.75) is 13.8 Å². The summed E-state index contributed by atoms with van der Waals surface area (Å²) in [5.74, 6) is 0.469. The van der Waals surface area contributed by atoms with Crippen molar-refractivity contribution in [1.29, 1.82) is 5.26 Å². The number of carbonyl (C=O) groups is 1. The number of nitrogens with zero attached hydrogens (tertiary/aromatic N) is 2. The number of fused-ring (bicyclic) bond motifs is 1. The Balaban J connectivity index is 1.69. The molecule has 0 radical (unpaired) electrons. The topological polar surface area (TPSA) is 103 Å². The molecular weight excluding hydrogens is 366 g/mol. The first-order chi connectivity index (χ1) is 13.9. The second-order valence-electron chi connectivity index (χ2n) is 6.80. The molecule has 0 unspecified atom stereocenters. The van der Waals surface area contributed by atoms with Crippen LogP contribution in [0, 0.1) is 25.2 Å². The summed E-state index contributed by atoms with van der Waals surface area (Å²) in [6, 6.07) is 16.1. The molecule has 4 rings (SSSR count). The monoisotopic (exact) mass is 383 g/mol. The number of carboxylic acids is 1. The zero-order valence-electron chi connectivity index (χ0n) is 15.9. The Hall–Kier alpha value is -4.11. The first-order valence-corrected chi connectivity index (χ1v) is 8.97. The molecule has 2 aromatic heterocycles. The molecule has 2 N–H and O–H groups in total. The van der Waals surface area contributed by atoms with Crippen LogP contribution < -0.4 is 0 Å². The van der Waals surface area contributed by atoms with E-state index in [1.807, 2.05) is 26.0 Å². The van der Waals surface area contributed by atoms with Gasteiger partial charge in [-0.15, -0.1) is 0 Å². The molecule has 0 aliphatic rings. The normalized spacial score (nSPS) is 11.6. The molecule has 0 atom stereocenters. The van der Waals surface area contributed by atoms with E-state index < -0.39 is 5.97 Å². The predicted molar refractivity (Wildman–Crippen MR) is 110 cm³/mol. The minimum atomic E-state index is -0.999. The van der Waals surface area contributed by atoms with E-state index in [0.29, 0.717) is 28.5 Å². The number of H-pyrrole nitrogens is 1. The number of aromatic amines is 1. The molecule has 4 aromatic rings. The van der Waals surface area contributed by atoms with E-state index in [1.54, 1.807) is 36.4 Å². The average molecular weight is 383 g/mol. The van der Waals surface area contributed by atoms with Crippen LogP contribution in [0.25, 0.3) is 34.0 Å². The largest absolute Gasteiger partial charge is 0.478 e. The number of rotatable bonds is 4. The minimum absolute atomic E-state index is 0.182. The Bertz CT molecular complexity index is 1280. The Morgan fingerprint density at radius 3 is 2.72 bits per heavy atom. The van der Waals surface area contributed by atoms with E-state index in [4.69, 9.17) is 9.52 Å². The van der Waals surface area contributed by atoms with Crippen molar-refractivity contribution in [3.63, 3.8) is 0 Å². The fourth-order valence-electron chi connectivity index (χ4n) is 3.08. The molecule has 0 fully saturated rings. The van der Waals surface area contributed by atoms with Crippen molar-refractivity contribution in [2.24, 2.45) is 0 Å². The quantitative estimate of drug-likeness (QED) is 0.471. The van der Waals surface area contributed by atoms with E-state index in [1.165, 1.54) is 6.07 Å². The molecular formula is C23H17N3O3. The smallest absolute Gasteiger partial charge is 0.335 e. The summed E-state index contributed by atoms with van der Waals surface area (Å²) in [4.78, 5) is 18.9. The minimum Gasteiger partial charge on any atom is -0.478 e. The Kier molecular flexibility index (Phi) is 4.49. The van der Waals surface area contributed by atoms with Crippen LogP contribution in [0.2, 0.25) is 0 Å². The summed E-state index contributed by atoms with van der Waals surface area (Å²) in [5.41, 5.74) is 5.13. The van der Waals surface area contributed by atoms with Crippen molar-refractivity contribution in [1.82, 2.24) is 9.97 Å². The van der Waals surface area contributed by atoms with Crippen LogP contribution in [0.1, 0.15) is 33.1 Å². The fourth-order valence-corrected chi connectivity index (χ4v) is 3.08. The number of nitriles is 1. The molecule has 142 valence electrons. The van der Waals surface area contributed by atoms with Gasteiger partial charge in [0.05, 0.1) is 22.2 Å². The number of aromatic nitrogens is 2. The van der Waals surface area contributed by atoms with Gasteiger partial charge >= 0.3 is 5.97 Å². The van der Waals surface area contributed by atoms with Crippen LogP contribution in [0.3, 0.4) is 0 Å². The Labute approximate surface area is 166 Å². The van der Waals surface area contributed by atoms with Gasteiger partial charge in [-0.1, -0.05) is 12.1 Å². The van der Waals surface area contributed by atoms with Gasteiger partial charge in [-0.05, 0) is 61.4 Å². The van der Waals surface area contributed by atoms with Gasteiger partial charge in [-0.25, -0.2) is 9.78 Å². The lowest BCUT2D eigenvalue weighted by Gasteiger charge is -1.99. The molecule has 2 heterocycles. The second-order valence-corrected chi connectivity index (χ2v) is 6.80. The van der Waals surface area contributed by atoms with Gasteiger partial charge in [0.2, 0.25) is 0 Å². The third-order valence-corrected chi connectivity index (χ3v) is 4.78. The second kappa shape index (κ2) is 7.13. The van der Waals surface area contributed by atoms with Crippen LogP contribution in [0.5, 0.6) is 0 Å². The van der Waals surface area contributed by atoms with Gasteiger partial charge in [0.1, 0.15) is 23.4 Å². The van der Waals surface area contributed by atoms with E-state index in [9.17, 15) is 10.1 Å². The highest BCUT2D eigenvalue weighted by atomic mass is 16.4. The van der Waals surface area contributed by atoms with Crippen molar-refractivity contribution in [3.8, 4) is 17.4 Å². The van der Waals surface area contributed by atoms with Gasteiger partial charge < -0.3 is 14.5 Å². The number of carboxylic acid groups (broad SMARTS) is 1. The molecule has 0 amide bonds. The fraction of sp³-hybridized carbons (Fsp3) is 0.0870. The lowest BCUT2D eigenvalue weighted by atomic mass is 10.1. The molecule has 0 aliphatic heterocycles. The predicted octanol–water partition coefficient (Wildman–Crippen LogP) is 5.20. The summed E-state index contributed by atoms with van der Waals surface area (Å²) in [7, 11) is 0. The van der Waals surface area contributed by atoms with Crippen LogP contribution in [0.15, 0.2) is 52.9 Å². The number of benzene rings is 2. The number of aromatic carboxylic acids is 1. The SMILES string of the molecule is Cc1cc2nc(C(C#N)=Cc3ccc(-c4cccc(C(=O)O)c4)o3)[nH]c2cc1C. The highest BCUT2D eigenvalue weighted by Crippen LogP contribution is 2.26. The van der Waals surface area contributed by atoms with E-state index in [2.05, 4.69) is 16.0 Å². The zero-order chi connectivity index (χ0) is 20.5. The molecule has 6 nitrogen and oxygen atoms in total. The number of allylic oxidation sites excluding steroid dienone is 1. The number of aryl methyl sites for hydroxylation is 2. The Morgan fingerprint density at radius 2 is 1.97 bits per heavy atom. The van der Waals surface area contributed by atoms with Crippen molar-refractivity contribution < 1.29 is 14.3 Å². The number of nitrogens with one attached hydrogen (secondary N) is 1. The number of furan rings is 1. The third kappa shape index (κ3) is 3.54. The summed E-state index contributed by atoms with van der Waals surface area (Å²) in [5, 5.41) is 18.8. The maximum absolute atomic E-state index is 11.2. The summed E-state index contributed by atoms with van der Waals surface area (Å²) in [6.45, 7) is 4.05. The summed E-state index contributed by atoms with van der Waals surface area (Å²) >= 11 is 0. The van der Waals surface area contributed by atoms with Crippen LogP contribution in [-0.2, 0) is 0 Å². The molecule has 0 aliphatic carbocycles. The molecule has 2 aromatic carbocycles. The molecule has 0 bridgehead atoms. The zero-order valence-corrected chi connectivity index (χ0v) is 15.9. The molecule has 6 heteroatoms. The van der Waals surface area contributed by atoms with E-state index in [-0.39, 0.29) is 5.56 Å². The average Bonchev–Trinajstić information content (AvgIpc) is 3.33. The number of imidazole rings is 1. The van der Waals surface area contributed by atoms with Crippen molar-refractivity contribution >= 4 is 28.7 Å². The maximum atomic E-state index is 11.2. The van der Waals surface area contributed by atoms with Gasteiger partial charge in [0.15, 0.2) is 0 Å². The molecule has 0 saturated heterocycles. The lowest BCUT2D eigenvalue weighted by Crippen LogP contribution is -1.95. The van der Waals surface area contributed by atoms with Crippen molar-refractivity contribution in [3.05, 3.63) is 76.8 Å². The number of hydrogen-bond donors (Lipinski definition) is 2. The van der Waals surface area contributed by atoms with Gasteiger partial charge in [0, 0.05) is 11.6 Å². The molecule has 29 heavy (non-hydrogen) atoms. The molecule has 0 saturated carbocycles. The van der Waals surface area contributed by atoms with Crippen LogP contribution in [-0.4, -0.2) is 21.0 Å².